The Labute approximate surface area is 77.6 Å². The Balaban J connectivity index is 0.000000671. The van der Waals surface area contributed by atoms with E-state index < -0.39 is 6.43 Å². The number of hydrogen-bond acceptors (Lipinski definition) is 1. The molecule has 0 fully saturated rings. The third kappa shape index (κ3) is 3.53. The highest BCUT2D eigenvalue weighted by Crippen LogP contribution is 2.06. The van der Waals surface area contributed by atoms with Crippen LogP contribution in [0.15, 0.2) is 6.20 Å². The number of aromatic nitrogens is 2. The molecule has 0 aliphatic heterocycles. The summed E-state index contributed by atoms with van der Waals surface area (Å²) in [6.45, 7) is 7.33. The Kier molecular flexibility index (Phi) is 5.26. The maximum absolute atomic E-state index is 11.8. The van der Waals surface area contributed by atoms with Gasteiger partial charge in [0, 0.05) is 5.69 Å². The predicted octanol–water partition coefficient (Wildman–Crippen LogP) is 2.79. The van der Waals surface area contributed by atoms with Crippen molar-refractivity contribution in [3.05, 3.63) is 17.5 Å². The highest BCUT2D eigenvalue weighted by Gasteiger charge is 2.07. The minimum absolute atomic E-state index is 0.306. The highest BCUT2D eigenvalue weighted by atomic mass is 19.3. The Bertz CT molecular complexity index is 244. The molecule has 1 aromatic heterocycles. The molecule has 76 valence electrons. The van der Waals surface area contributed by atoms with Crippen LogP contribution in [0.5, 0.6) is 0 Å². The summed E-state index contributed by atoms with van der Waals surface area (Å²) in [5, 5.41) is 3.79. The van der Waals surface area contributed by atoms with Gasteiger partial charge in [-0.05, 0) is 19.4 Å². The number of halogens is 2. The average molecular weight is 190 g/mol. The van der Waals surface area contributed by atoms with Gasteiger partial charge in [0.05, 0.1) is 6.20 Å². The molecule has 0 unspecified atom stereocenters. The van der Waals surface area contributed by atoms with Gasteiger partial charge in [0.25, 0.3) is 6.43 Å². The molecule has 1 aromatic rings. The number of nitrogens with zero attached hydrogens (tertiary/aromatic N) is 2. The van der Waals surface area contributed by atoms with Crippen molar-refractivity contribution in [2.24, 2.45) is 0 Å². The van der Waals surface area contributed by atoms with Crippen LogP contribution in [-0.4, -0.2) is 16.2 Å². The van der Waals surface area contributed by atoms with Gasteiger partial charge in [-0.2, -0.15) is 5.10 Å². The molecule has 0 radical (unpaired) electrons. The Morgan fingerprint density at radius 1 is 1.38 bits per heavy atom. The van der Waals surface area contributed by atoms with E-state index in [0.717, 1.165) is 11.3 Å². The van der Waals surface area contributed by atoms with Gasteiger partial charge in [-0.25, -0.2) is 8.78 Å². The summed E-state index contributed by atoms with van der Waals surface area (Å²) in [6, 6.07) is 0. The van der Waals surface area contributed by atoms with Crippen LogP contribution >= 0.6 is 0 Å². The zero-order valence-electron chi connectivity index (χ0n) is 8.51. The maximum atomic E-state index is 11.8. The van der Waals surface area contributed by atoms with Crippen molar-refractivity contribution in [1.82, 2.24) is 9.78 Å². The van der Waals surface area contributed by atoms with Gasteiger partial charge in [-0.1, -0.05) is 13.8 Å². The minimum Gasteiger partial charge on any atom is -0.264 e. The zero-order valence-corrected chi connectivity index (χ0v) is 8.51. The lowest BCUT2D eigenvalue weighted by Gasteiger charge is -2.02. The lowest BCUT2D eigenvalue weighted by atomic mass is 10.3. The van der Waals surface area contributed by atoms with Crippen LogP contribution in [-0.2, 0) is 6.54 Å². The predicted molar refractivity (Wildman–Crippen MR) is 49.1 cm³/mol. The first-order valence-electron chi connectivity index (χ1n) is 4.38. The van der Waals surface area contributed by atoms with Crippen molar-refractivity contribution < 1.29 is 8.78 Å². The van der Waals surface area contributed by atoms with E-state index in [1.54, 1.807) is 13.1 Å². The molecule has 1 rings (SSSR count). The van der Waals surface area contributed by atoms with E-state index in [2.05, 4.69) is 5.10 Å². The molecule has 0 N–H and O–H groups in total. The van der Waals surface area contributed by atoms with Crippen molar-refractivity contribution in [3.63, 3.8) is 0 Å². The standard InChI is InChI=1S/C7H10F2N2.C2H6/c1-5-3-10-11(6(5)2)4-7(8)9;1-2/h3,7H,4H2,1-2H3;1-2H3. The summed E-state index contributed by atoms with van der Waals surface area (Å²) in [6.07, 6.45) is -0.731. The van der Waals surface area contributed by atoms with Crippen LogP contribution in [0.4, 0.5) is 8.78 Å². The lowest BCUT2D eigenvalue weighted by Crippen LogP contribution is -2.09. The topological polar surface area (TPSA) is 17.8 Å². The molecular formula is C9H16F2N2. The molecule has 0 aliphatic rings. The van der Waals surface area contributed by atoms with Crippen LogP contribution in [0.25, 0.3) is 0 Å². The fraction of sp³-hybridized carbons (Fsp3) is 0.667. The largest absolute Gasteiger partial charge is 0.264 e. The van der Waals surface area contributed by atoms with E-state index >= 15 is 0 Å². The molecule has 0 amide bonds. The van der Waals surface area contributed by atoms with E-state index in [4.69, 9.17) is 0 Å². The Hall–Kier alpha value is -0.930. The first-order chi connectivity index (χ1) is 6.11. The third-order valence-corrected chi connectivity index (χ3v) is 1.66. The molecule has 0 aromatic carbocycles. The average Bonchev–Trinajstić information content (AvgIpc) is 2.39. The smallest absolute Gasteiger partial charge is 0.257 e. The maximum Gasteiger partial charge on any atom is 0.257 e. The van der Waals surface area contributed by atoms with Gasteiger partial charge in [-0.15, -0.1) is 0 Å². The first-order valence-corrected chi connectivity index (χ1v) is 4.38. The molecule has 0 spiro atoms. The molecule has 13 heavy (non-hydrogen) atoms. The lowest BCUT2D eigenvalue weighted by molar-refractivity contribution is 0.121. The normalized spacial score (nSPS) is 9.77. The van der Waals surface area contributed by atoms with E-state index in [1.807, 2.05) is 20.8 Å². The molecule has 0 saturated carbocycles. The van der Waals surface area contributed by atoms with Gasteiger partial charge in [0.15, 0.2) is 0 Å². The molecule has 0 bridgehead atoms. The number of hydrogen-bond donors (Lipinski definition) is 0. The molecule has 0 aliphatic carbocycles. The van der Waals surface area contributed by atoms with Crippen molar-refractivity contribution >= 4 is 0 Å². The van der Waals surface area contributed by atoms with Crippen molar-refractivity contribution in [1.29, 1.82) is 0 Å². The van der Waals surface area contributed by atoms with Gasteiger partial charge in [0.1, 0.15) is 6.54 Å². The van der Waals surface area contributed by atoms with Crippen molar-refractivity contribution in [2.75, 3.05) is 0 Å². The minimum atomic E-state index is -2.33. The molecular weight excluding hydrogens is 174 g/mol. The van der Waals surface area contributed by atoms with Gasteiger partial charge in [0.2, 0.25) is 0 Å². The Morgan fingerprint density at radius 2 is 1.92 bits per heavy atom. The summed E-state index contributed by atoms with van der Waals surface area (Å²) in [4.78, 5) is 0. The van der Waals surface area contributed by atoms with Gasteiger partial charge in [-0.3, -0.25) is 4.68 Å². The monoisotopic (exact) mass is 190 g/mol. The van der Waals surface area contributed by atoms with Gasteiger partial charge >= 0.3 is 0 Å². The zero-order chi connectivity index (χ0) is 10.4. The summed E-state index contributed by atoms with van der Waals surface area (Å²) in [7, 11) is 0. The number of alkyl halides is 2. The van der Waals surface area contributed by atoms with Gasteiger partial charge < -0.3 is 0 Å². The van der Waals surface area contributed by atoms with Crippen molar-refractivity contribution in [3.8, 4) is 0 Å². The second-order valence-corrected chi connectivity index (χ2v) is 2.49. The molecule has 1 heterocycles. The summed E-state index contributed by atoms with van der Waals surface area (Å²) < 4.78 is 25.0. The molecule has 0 atom stereocenters. The second-order valence-electron chi connectivity index (χ2n) is 2.49. The first kappa shape index (κ1) is 12.1. The van der Waals surface area contributed by atoms with E-state index in [-0.39, 0.29) is 6.54 Å². The number of rotatable bonds is 2. The summed E-state index contributed by atoms with van der Waals surface area (Å²) >= 11 is 0. The highest BCUT2D eigenvalue weighted by molar-refractivity contribution is 5.13. The van der Waals surface area contributed by atoms with E-state index in [1.165, 1.54) is 4.68 Å². The van der Waals surface area contributed by atoms with Crippen LogP contribution in [0.1, 0.15) is 25.1 Å². The second kappa shape index (κ2) is 5.67. The SMILES string of the molecule is CC.Cc1cnn(CC(F)F)c1C. The quantitative estimate of drug-likeness (QED) is 0.701. The third-order valence-electron chi connectivity index (χ3n) is 1.66. The summed E-state index contributed by atoms with van der Waals surface area (Å²) in [5.41, 5.74) is 1.76. The van der Waals surface area contributed by atoms with E-state index in [0.29, 0.717) is 0 Å². The Morgan fingerprint density at radius 3 is 2.23 bits per heavy atom. The van der Waals surface area contributed by atoms with Crippen molar-refractivity contribution in [2.45, 2.75) is 40.7 Å². The fourth-order valence-corrected chi connectivity index (χ4v) is 0.855. The van der Waals surface area contributed by atoms with Crippen LogP contribution in [0.3, 0.4) is 0 Å². The number of aryl methyl sites for hydroxylation is 1. The summed E-state index contributed by atoms with van der Waals surface area (Å²) in [5.74, 6) is 0. The van der Waals surface area contributed by atoms with Crippen LogP contribution < -0.4 is 0 Å². The van der Waals surface area contributed by atoms with Crippen LogP contribution in [0.2, 0.25) is 0 Å². The van der Waals surface area contributed by atoms with E-state index in [9.17, 15) is 8.78 Å². The molecule has 4 heteroatoms. The molecule has 0 saturated heterocycles. The van der Waals surface area contributed by atoms with Crippen LogP contribution in [0, 0.1) is 13.8 Å². The molecule has 2 nitrogen and oxygen atoms in total. The fourth-order valence-electron chi connectivity index (χ4n) is 0.855.